The van der Waals surface area contributed by atoms with Crippen molar-refractivity contribution in [1.29, 1.82) is 0 Å². The molecule has 2 unspecified atom stereocenters. The third-order valence-electron chi connectivity index (χ3n) is 2.90. The van der Waals surface area contributed by atoms with E-state index >= 15 is 0 Å². The highest BCUT2D eigenvalue weighted by atomic mass is 16.4. The van der Waals surface area contributed by atoms with Crippen molar-refractivity contribution in [2.45, 2.75) is 59.9 Å². The first-order valence-corrected chi connectivity index (χ1v) is 6.70. The van der Waals surface area contributed by atoms with Crippen LogP contribution in [0, 0.1) is 11.3 Å². The van der Waals surface area contributed by atoms with Gasteiger partial charge in [0.2, 0.25) is 5.91 Å². The second kappa shape index (κ2) is 7.31. The highest BCUT2D eigenvalue weighted by molar-refractivity contribution is 5.84. The number of nitrogens with one attached hydrogen (secondary N) is 1. The largest absolute Gasteiger partial charge is 0.480 e. The Morgan fingerprint density at radius 1 is 1.32 bits per heavy atom. The fraction of sp³-hybridized carbons (Fsp3) is 0.733. The number of carboxylic acid groups (broad SMARTS) is 1. The van der Waals surface area contributed by atoms with Gasteiger partial charge in [0.1, 0.15) is 6.04 Å². The summed E-state index contributed by atoms with van der Waals surface area (Å²) in [5.41, 5.74) is 0.978. The van der Waals surface area contributed by atoms with Gasteiger partial charge in [-0.1, -0.05) is 33.3 Å². The maximum absolute atomic E-state index is 11.9. The molecule has 4 nitrogen and oxygen atoms in total. The minimum atomic E-state index is -0.972. The number of aliphatic carboxylic acids is 1. The smallest absolute Gasteiger partial charge is 0.326 e. The molecule has 1 amide bonds. The Morgan fingerprint density at radius 2 is 1.84 bits per heavy atom. The van der Waals surface area contributed by atoms with Crippen LogP contribution in [-0.4, -0.2) is 23.0 Å². The molecule has 0 saturated carbocycles. The van der Waals surface area contributed by atoms with Crippen molar-refractivity contribution < 1.29 is 14.7 Å². The van der Waals surface area contributed by atoms with Gasteiger partial charge in [-0.25, -0.2) is 4.79 Å². The van der Waals surface area contributed by atoms with Gasteiger partial charge < -0.3 is 10.4 Å². The molecule has 0 aromatic carbocycles. The van der Waals surface area contributed by atoms with Crippen LogP contribution in [0.4, 0.5) is 0 Å². The van der Waals surface area contributed by atoms with Gasteiger partial charge in [-0.15, -0.1) is 6.58 Å². The third kappa shape index (κ3) is 8.41. The van der Waals surface area contributed by atoms with Crippen LogP contribution in [0.1, 0.15) is 53.9 Å². The lowest BCUT2D eigenvalue weighted by Gasteiger charge is -2.22. The average molecular weight is 269 g/mol. The van der Waals surface area contributed by atoms with Crippen LogP contribution in [0.3, 0.4) is 0 Å². The van der Waals surface area contributed by atoms with Crippen molar-refractivity contribution in [2.24, 2.45) is 11.3 Å². The number of hydrogen-bond acceptors (Lipinski definition) is 2. The molecule has 2 atom stereocenters. The van der Waals surface area contributed by atoms with Crippen molar-refractivity contribution in [3.8, 4) is 0 Å². The second-order valence-electron chi connectivity index (χ2n) is 6.56. The van der Waals surface area contributed by atoms with E-state index in [-0.39, 0.29) is 17.2 Å². The van der Waals surface area contributed by atoms with Crippen LogP contribution in [-0.2, 0) is 9.59 Å². The van der Waals surface area contributed by atoms with E-state index in [9.17, 15) is 9.59 Å². The fourth-order valence-corrected chi connectivity index (χ4v) is 1.76. The third-order valence-corrected chi connectivity index (χ3v) is 2.90. The predicted molar refractivity (Wildman–Crippen MR) is 76.9 cm³/mol. The van der Waals surface area contributed by atoms with Crippen molar-refractivity contribution in [3.63, 3.8) is 0 Å². The van der Waals surface area contributed by atoms with Gasteiger partial charge in [0.05, 0.1) is 0 Å². The lowest BCUT2D eigenvalue weighted by Crippen LogP contribution is -2.43. The first kappa shape index (κ1) is 17.7. The number of carbonyl (C=O) groups excluding carboxylic acids is 1. The summed E-state index contributed by atoms with van der Waals surface area (Å²) in [5.74, 6) is -1.43. The van der Waals surface area contributed by atoms with Crippen LogP contribution >= 0.6 is 0 Å². The fourth-order valence-electron chi connectivity index (χ4n) is 1.76. The molecule has 0 aliphatic rings. The van der Waals surface area contributed by atoms with Gasteiger partial charge in [-0.2, -0.15) is 0 Å². The van der Waals surface area contributed by atoms with Crippen LogP contribution in [0.25, 0.3) is 0 Å². The lowest BCUT2D eigenvalue weighted by atomic mass is 9.88. The highest BCUT2D eigenvalue weighted by Crippen LogP contribution is 2.22. The summed E-state index contributed by atoms with van der Waals surface area (Å²) in [4.78, 5) is 23.1. The number of rotatable bonds is 7. The van der Waals surface area contributed by atoms with Gasteiger partial charge in [0.25, 0.3) is 0 Å². The Morgan fingerprint density at radius 3 is 2.21 bits per heavy atom. The highest BCUT2D eigenvalue weighted by Gasteiger charge is 2.24. The summed E-state index contributed by atoms with van der Waals surface area (Å²) in [7, 11) is 0. The standard InChI is InChI=1S/C15H27NO3/c1-10(2)9-11(3)13(17)16-12(14(18)19)7-8-15(4,5)6/h11-12H,1,7-9H2,2-6H3,(H,16,17)(H,18,19). The van der Waals surface area contributed by atoms with E-state index in [2.05, 4.69) is 32.7 Å². The summed E-state index contributed by atoms with van der Waals surface area (Å²) >= 11 is 0. The molecule has 110 valence electrons. The summed E-state index contributed by atoms with van der Waals surface area (Å²) < 4.78 is 0. The van der Waals surface area contributed by atoms with Crippen LogP contribution in [0.2, 0.25) is 0 Å². The van der Waals surface area contributed by atoms with E-state index < -0.39 is 12.0 Å². The number of hydrogen-bond donors (Lipinski definition) is 2. The molecule has 2 N–H and O–H groups in total. The van der Waals surface area contributed by atoms with E-state index in [1.54, 1.807) is 6.92 Å². The molecule has 0 rings (SSSR count). The molecule has 19 heavy (non-hydrogen) atoms. The normalized spacial score (nSPS) is 14.6. The zero-order chi connectivity index (χ0) is 15.2. The van der Waals surface area contributed by atoms with Crippen molar-refractivity contribution in [3.05, 3.63) is 12.2 Å². The molecule has 0 heterocycles. The SMILES string of the molecule is C=C(C)CC(C)C(=O)NC(CCC(C)(C)C)C(=O)O. The zero-order valence-electron chi connectivity index (χ0n) is 12.7. The van der Waals surface area contributed by atoms with Crippen molar-refractivity contribution in [2.75, 3.05) is 0 Å². The number of allylic oxidation sites excluding steroid dienone is 1. The van der Waals surface area contributed by atoms with Gasteiger partial charge >= 0.3 is 5.97 Å². The Hall–Kier alpha value is -1.32. The van der Waals surface area contributed by atoms with E-state index in [0.29, 0.717) is 12.8 Å². The molecule has 0 bridgehead atoms. The molecule has 0 fully saturated rings. The van der Waals surface area contributed by atoms with E-state index in [0.717, 1.165) is 12.0 Å². The van der Waals surface area contributed by atoms with Crippen LogP contribution in [0.5, 0.6) is 0 Å². The maximum atomic E-state index is 11.9. The van der Waals surface area contributed by atoms with Crippen molar-refractivity contribution in [1.82, 2.24) is 5.32 Å². The van der Waals surface area contributed by atoms with Gasteiger partial charge in [0, 0.05) is 5.92 Å². The second-order valence-corrected chi connectivity index (χ2v) is 6.56. The predicted octanol–water partition coefficient (Wildman–Crippen LogP) is 2.98. The monoisotopic (exact) mass is 269 g/mol. The molecular formula is C15H27NO3. The first-order chi connectivity index (χ1) is 8.53. The topological polar surface area (TPSA) is 66.4 Å². The summed E-state index contributed by atoms with van der Waals surface area (Å²) in [6.07, 6.45) is 1.78. The molecule has 0 aromatic heterocycles. The minimum Gasteiger partial charge on any atom is -0.480 e. The Balaban J connectivity index is 4.46. The lowest BCUT2D eigenvalue weighted by molar-refractivity contribution is -0.142. The number of carbonyl (C=O) groups is 2. The van der Waals surface area contributed by atoms with Gasteiger partial charge in [0.15, 0.2) is 0 Å². The van der Waals surface area contributed by atoms with E-state index in [1.807, 2.05) is 6.92 Å². The Labute approximate surface area is 116 Å². The average Bonchev–Trinajstić information content (AvgIpc) is 2.20. The van der Waals surface area contributed by atoms with Gasteiger partial charge in [-0.05, 0) is 31.6 Å². The molecule has 0 saturated heterocycles. The molecule has 0 radical (unpaired) electrons. The summed E-state index contributed by atoms with van der Waals surface area (Å²) in [5, 5.41) is 11.8. The number of amides is 1. The molecule has 0 aliphatic carbocycles. The number of carboxylic acids is 1. The first-order valence-electron chi connectivity index (χ1n) is 6.70. The van der Waals surface area contributed by atoms with Crippen LogP contribution < -0.4 is 5.32 Å². The van der Waals surface area contributed by atoms with Crippen LogP contribution in [0.15, 0.2) is 12.2 Å². The summed E-state index contributed by atoms with van der Waals surface area (Å²) in [6, 6.07) is -0.806. The van der Waals surface area contributed by atoms with Gasteiger partial charge in [-0.3, -0.25) is 4.79 Å². The molecule has 4 heteroatoms. The Bertz CT molecular complexity index is 342. The molecule has 0 spiro atoms. The molecular weight excluding hydrogens is 242 g/mol. The van der Waals surface area contributed by atoms with Crippen molar-refractivity contribution >= 4 is 11.9 Å². The molecule has 0 aromatic rings. The minimum absolute atomic E-state index is 0.0573. The zero-order valence-corrected chi connectivity index (χ0v) is 12.7. The van der Waals surface area contributed by atoms with E-state index in [1.165, 1.54) is 0 Å². The maximum Gasteiger partial charge on any atom is 0.326 e. The Kier molecular flexibility index (Phi) is 6.81. The van der Waals surface area contributed by atoms with E-state index in [4.69, 9.17) is 5.11 Å². The molecule has 0 aliphatic heterocycles. The quantitative estimate of drug-likeness (QED) is 0.698. The summed E-state index contributed by atoms with van der Waals surface area (Å²) in [6.45, 7) is 13.6.